The SMILES string of the molecule is CCCCCCCCCCCCCCCCCCSCCC(=O)Oc1c(C)cc(Sc2cc(C)c(OC(=O)CCSCCCCCCCCCCCCCCCCCC)c(C)c2C)cc1C. The van der Waals surface area contributed by atoms with Crippen LogP contribution < -0.4 is 9.47 Å². The minimum absolute atomic E-state index is 0.147. The summed E-state index contributed by atoms with van der Waals surface area (Å²) in [7, 11) is 0. The van der Waals surface area contributed by atoms with Gasteiger partial charge in [0.25, 0.3) is 0 Å². The van der Waals surface area contributed by atoms with Gasteiger partial charge in [-0.05, 0) is 105 Å². The second-order valence-corrected chi connectivity index (χ2v) is 23.1. The van der Waals surface area contributed by atoms with Gasteiger partial charge >= 0.3 is 11.9 Å². The first-order valence-corrected chi connectivity index (χ1v) is 30.8. The van der Waals surface area contributed by atoms with Crippen LogP contribution in [-0.2, 0) is 9.59 Å². The summed E-state index contributed by atoms with van der Waals surface area (Å²) < 4.78 is 11.9. The van der Waals surface area contributed by atoms with Crippen LogP contribution >= 0.6 is 35.3 Å². The van der Waals surface area contributed by atoms with Gasteiger partial charge in [0.05, 0.1) is 12.8 Å². The molecule has 0 aliphatic rings. The Morgan fingerprint density at radius 1 is 0.379 bits per heavy atom. The van der Waals surface area contributed by atoms with E-state index in [4.69, 9.17) is 9.47 Å². The Bertz CT molecular complexity index is 1520. The number of hydrogen-bond donors (Lipinski definition) is 0. The van der Waals surface area contributed by atoms with Crippen molar-refractivity contribution in [2.45, 2.75) is 277 Å². The van der Waals surface area contributed by atoms with Crippen LogP contribution in [0.25, 0.3) is 0 Å². The van der Waals surface area contributed by atoms with E-state index in [0.717, 1.165) is 60.6 Å². The van der Waals surface area contributed by atoms with Crippen molar-refractivity contribution in [3.8, 4) is 11.5 Å². The number of aryl methyl sites for hydroxylation is 3. The van der Waals surface area contributed by atoms with Crippen LogP contribution in [-0.4, -0.2) is 35.0 Å². The number of carbonyl (C=O) groups excluding carboxylic acids is 2. The fraction of sp³-hybridized carbons (Fsp3) is 0.763. The average molecular weight is 970 g/mol. The highest BCUT2D eigenvalue weighted by Gasteiger charge is 2.18. The molecular weight excluding hydrogens is 869 g/mol. The number of ether oxygens (including phenoxy) is 2. The lowest BCUT2D eigenvalue weighted by atomic mass is 10.0. The predicted molar refractivity (Wildman–Crippen MR) is 295 cm³/mol. The summed E-state index contributed by atoms with van der Waals surface area (Å²) in [4.78, 5) is 28.0. The standard InChI is InChI=1S/C59H100O4S3/c1-8-10-12-14-16-18-20-22-24-26-28-30-32-34-36-38-42-64-44-40-56(60)62-58-49(3)46-54(47-50(58)4)66-55-48-51(5)59(53(7)52(55)6)63-57(61)41-45-65-43-39-37-35-33-31-29-27-25-23-21-19-17-15-13-11-9-2/h46-48H,8-45H2,1-7H3. The molecule has 378 valence electrons. The Hall–Kier alpha value is -1.57. The number of hydrogen-bond acceptors (Lipinski definition) is 7. The molecule has 0 aromatic heterocycles. The summed E-state index contributed by atoms with van der Waals surface area (Å²) >= 11 is 5.46. The van der Waals surface area contributed by atoms with Gasteiger partial charge in [0.2, 0.25) is 0 Å². The smallest absolute Gasteiger partial charge is 0.312 e. The lowest BCUT2D eigenvalue weighted by Gasteiger charge is -2.17. The third-order valence-electron chi connectivity index (χ3n) is 13.3. The molecule has 0 heterocycles. The average Bonchev–Trinajstić information content (AvgIpc) is 3.29. The highest BCUT2D eigenvalue weighted by Crippen LogP contribution is 2.40. The first-order valence-electron chi connectivity index (χ1n) is 27.6. The summed E-state index contributed by atoms with van der Waals surface area (Å²) in [5.41, 5.74) is 5.04. The van der Waals surface area contributed by atoms with Crippen molar-refractivity contribution in [1.82, 2.24) is 0 Å². The molecule has 66 heavy (non-hydrogen) atoms. The predicted octanol–water partition coefficient (Wildman–Crippen LogP) is 20.0. The van der Waals surface area contributed by atoms with E-state index in [2.05, 4.69) is 45.9 Å². The Kier molecular flexibility index (Phi) is 37.8. The van der Waals surface area contributed by atoms with Crippen LogP contribution in [0.4, 0.5) is 0 Å². The van der Waals surface area contributed by atoms with Crippen molar-refractivity contribution in [3.63, 3.8) is 0 Å². The molecule has 2 aromatic rings. The second kappa shape index (κ2) is 41.2. The molecule has 0 radical (unpaired) electrons. The molecule has 0 N–H and O–H groups in total. The molecule has 0 spiro atoms. The molecular formula is C59H100O4S3. The van der Waals surface area contributed by atoms with Crippen molar-refractivity contribution >= 4 is 47.2 Å². The van der Waals surface area contributed by atoms with E-state index in [1.807, 2.05) is 44.3 Å². The van der Waals surface area contributed by atoms with E-state index in [1.165, 1.54) is 205 Å². The number of benzene rings is 2. The van der Waals surface area contributed by atoms with E-state index in [-0.39, 0.29) is 11.9 Å². The number of unbranched alkanes of at least 4 members (excludes halogenated alkanes) is 30. The normalized spacial score (nSPS) is 11.4. The van der Waals surface area contributed by atoms with Crippen LogP contribution in [0, 0.1) is 34.6 Å². The van der Waals surface area contributed by atoms with E-state index >= 15 is 0 Å². The molecule has 0 atom stereocenters. The lowest BCUT2D eigenvalue weighted by molar-refractivity contribution is -0.134. The van der Waals surface area contributed by atoms with Gasteiger partial charge in [-0.2, -0.15) is 23.5 Å². The molecule has 0 bridgehead atoms. The maximum atomic E-state index is 12.9. The lowest BCUT2D eigenvalue weighted by Crippen LogP contribution is -2.11. The highest BCUT2D eigenvalue weighted by molar-refractivity contribution is 7.99. The van der Waals surface area contributed by atoms with Crippen molar-refractivity contribution in [2.75, 3.05) is 23.0 Å². The molecule has 0 saturated heterocycles. The number of rotatable bonds is 44. The maximum Gasteiger partial charge on any atom is 0.312 e. The minimum atomic E-state index is -0.151. The minimum Gasteiger partial charge on any atom is -0.426 e. The van der Waals surface area contributed by atoms with Gasteiger partial charge in [0, 0.05) is 21.3 Å². The van der Waals surface area contributed by atoms with E-state index in [1.54, 1.807) is 11.8 Å². The van der Waals surface area contributed by atoms with Crippen LogP contribution in [0.1, 0.15) is 260 Å². The first kappa shape index (κ1) is 60.6. The molecule has 0 amide bonds. The molecule has 0 fully saturated rings. The molecule has 2 rings (SSSR count). The topological polar surface area (TPSA) is 52.6 Å². The van der Waals surface area contributed by atoms with Gasteiger partial charge in [0.1, 0.15) is 11.5 Å². The zero-order valence-electron chi connectivity index (χ0n) is 44.0. The van der Waals surface area contributed by atoms with Gasteiger partial charge in [-0.1, -0.05) is 218 Å². The van der Waals surface area contributed by atoms with Gasteiger partial charge in [-0.25, -0.2) is 0 Å². The highest BCUT2D eigenvalue weighted by atomic mass is 32.2. The fourth-order valence-corrected chi connectivity index (χ4v) is 12.0. The first-order chi connectivity index (χ1) is 32.2. The molecule has 0 aliphatic heterocycles. The van der Waals surface area contributed by atoms with Crippen LogP contribution in [0.5, 0.6) is 11.5 Å². The molecule has 0 unspecified atom stereocenters. The molecule has 0 aliphatic carbocycles. The molecule has 4 nitrogen and oxygen atoms in total. The van der Waals surface area contributed by atoms with E-state index < -0.39 is 0 Å². The largest absolute Gasteiger partial charge is 0.426 e. The number of thioether (sulfide) groups is 2. The monoisotopic (exact) mass is 969 g/mol. The summed E-state index contributed by atoms with van der Waals surface area (Å²) in [6.45, 7) is 14.8. The molecule has 2 aromatic carbocycles. The summed E-state index contributed by atoms with van der Waals surface area (Å²) in [5.74, 6) is 4.94. The van der Waals surface area contributed by atoms with E-state index in [9.17, 15) is 9.59 Å². The second-order valence-electron chi connectivity index (χ2n) is 19.5. The van der Waals surface area contributed by atoms with E-state index in [0.29, 0.717) is 24.3 Å². The maximum absolute atomic E-state index is 12.9. The quantitative estimate of drug-likeness (QED) is 0.0372. The van der Waals surface area contributed by atoms with Gasteiger partial charge in [-0.15, -0.1) is 0 Å². The molecule has 7 heteroatoms. The van der Waals surface area contributed by atoms with Crippen molar-refractivity contribution in [1.29, 1.82) is 0 Å². The van der Waals surface area contributed by atoms with Gasteiger partial charge < -0.3 is 9.47 Å². The Balaban J connectivity index is 1.56. The zero-order chi connectivity index (χ0) is 47.9. The number of carbonyl (C=O) groups is 2. The van der Waals surface area contributed by atoms with Crippen LogP contribution in [0.2, 0.25) is 0 Å². The third kappa shape index (κ3) is 30.1. The Morgan fingerprint density at radius 2 is 0.682 bits per heavy atom. The van der Waals surface area contributed by atoms with Crippen molar-refractivity contribution in [2.24, 2.45) is 0 Å². The Morgan fingerprint density at radius 3 is 1.03 bits per heavy atom. The summed E-state index contributed by atoms with van der Waals surface area (Å²) in [6.07, 6.45) is 45.3. The Labute approximate surface area is 421 Å². The van der Waals surface area contributed by atoms with Crippen LogP contribution in [0.3, 0.4) is 0 Å². The molecule has 0 saturated carbocycles. The van der Waals surface area contributed by atoms with Gasteiger partial charge in [-0.3, -0.25) is 9.59 Å². The third-order valence-corrected chi connectivity index (χ3v) is 16.5. The van der Waals surface area contributed by atoms with Crippen molar-refractivity contribution < 1.29 is 19.1 Å². The zero-order valence-corrected chi connectivity index (χ0v) is 46.4. The van der Waals surface area contributed by atoms with Crippen molar-refractivity contribution in [3.05, 3.63) is 46.0 Å². The number of esters is 2. The fourth-order valence-electron chi connectivity index (χ4n) is 8.89. The van der Waals surface area contributed by atoms with Gasteiger partial charge in [0.15, 0.2) is 0 Å². The van der Waals surface area contributed by atoms with Crippen LogP contribution in [0.15, 0.2) is 28.0 Å². The summed E-state index contributed by atoms with van der Waals surface area (Å²) in [5, 5.41) is 0. The summed E-state index contributed by atoms with van der Waals surface area (Å²) in [6, 6.07) is 6.36.